The largest absolute Gasteiger partial charge is 0.480 e. The smallest absolute Gasteiger partial charge is 0.321 e. The minimum Gasteiger partial charge on any atom is -0.480 e. The number of benzene rings is 2. The van der Waals surface area contributed by atoms with E-state index >= 15 is 0 Å². The molecule has 1 aliphatic rings. The van der Waals surface area contributed by atoms with Crippen LogP contribution in [0, 0.1) is 0 Å². The van der Waals surface area contributed by atoms with Gasteiger partial charge < -0.3 is 10.4 Å². The van der Waals surface area contributed by atoms with Crippen LogP contribution in [0.2, 0.25) is 0 Å². The van der Waals surface area contributed by atoms with E-state index in [1.807, 2.05) is 30.3 Å². The van der Waals surface area contributed by atoms with Gasteiger partial charge >= 0.3 is 5.97 Å². The zero-order chi connectivity index (χ0) is 16.2. The van der Waals surface area contributed by atoms with Gasteiger partial charge in [0, 0.05) is 10.5 Å². The van der Waals surface area contributed by atoms with E-state index in [4.69, 9.17) is 0 Å². The molecule has 0 spiro atoms. The zero-order valence-electron chi connectivity index (χ0n) is 12.8. The van der Waals surface area contributed by atoms with E-state index in [0.717, 1.165) is 22.9 Å². The van der Waals surface area contributed by atoms with E-state index in [2.05, 4.69) is 45.5 Å². The minimum atomic E-state index is -0.777. The number of carboxylic acids is 1. The van der Waals surface area contributed by atoms with Gasteiger partial charge in [0.25, 0.3) is 0 Å². The number of rotatable bonds is 6. The SMILES string of the molecule is O=C(O)[C@H](Cc1ccccc1)NC1CC(c2ccc(Br)cc2)C1. The van der Waals surface area contributed by atoms with Crippen molar-refractivity contribution in [1.82, 2.24) is 5.32 Å². The Labute approximate surface area is 144 Å². The average Bonchev–Trinajstić information content (AvgIpc) is 2.51. The van der Waals surface area contributed by atoms with Crippen molar-refractivity contribution in [3.05, 3.63) is 70.2 Å². The highest BCUT2D eigenvalue weighted by molar-refractivity contribution is 9.10. The van der Waals surface area contributed by atoms with Crippen LogP contribution in [-0.2, 0) is 11.2 Å². The third-order valence-corrected chi connectivity index (χ3v) is 5.03. The van der Waals surface area contributed by atoms with Crippen molar-refractivity contribution in [2.75, 3.05) is 0 Å². The Morgan fingerprint density at radius 2 is 1.78 bits per heavy atom. The second-order valence-electron chi connectivity index (χ2n) is 6.16. The molecular formula is C19H20BrNO2. The first-order valence-corrected chi connectivity index (χ1v) is 8.69. The van der Waals surface area contributed by atoms with Crippen molar-refractivity contribution in [2.45, 2.75) is 37.3 Å². The van der Waals surface area contributed by atoms with Gasteiger partial charge in [-0.05, 0) is 48.4 Å². The van der Waals surface area contributed by atoms with E-state index in [1.54, 1.807) is 0 Å². The van der Waals surface area contributed by atoms with Crippen molar-refractivity contribution < 1.29 is 9.90 Å². The van der Waals surface area contributed by atoms with Gasteiger partial charge in [0.1, 0.15) is 6.04 Å². The maximum Gasteiger partial charge on any atom is 0.321 e. The fraction of sp³-hybridized carbons (Fsp3) is 0.316. The van der Waals surface area contributed by atoms with Crippen LogP contribution in [0.4, 0.5) is 0 Å². The summed E-state index contributed by atoms with van der Waals surface area (Å²) in [5.74, 6) is -0.243. The number of aliphatic carboxylic acids is 1. The summed E-state index contributed by atoms with van der Waals surface area (Å²) in [6.07, 6.45) is 2.52. The molecule has 2 aromatic rings. The molecule has 120 valence electrons. The molecule has 0 aliphatic heterocycles. The Balaban J connectivity index is 1.54. The zero-order valence-corrected chi connectivity index (χ0v) is 14.4. The second kappa shape index (κ2) is 7.28. The van der Waals surface area contributed by atoms with E-state index < -0.39 is 12.0 Å². The molecule has 3 nitrogen and oxygen atoms in total. The van der Waals surface area contributed by atoms with Crippen LogP contribution in [0.5, 0.6) is 0 Å². The highest BCUT2D eigenvalue weighted by atomic mass is 79.9. The number of nitrogens with one attached hydrogen (secondary N) is 1. The van der Waals surface area contributed by atoms with Crippen molar-refractivity contribution in [3.8, 4) is 0 Å². The van der Waals surface area contributed by atoms with Gasteiger partial charge in [0.15, 0.2) is 0 Å². The van der Waals surface area contributed by atoms with Crippen LogP contribution >= 0.6 is 15.9 Å². The molecule has 0 unspecified atom stereocenters. The molecule has 0 saturated heterocycles. The second-order valence-corrected chi connectivity index (χ2v) is 7.08. The first-order valence-electron chi connectivity index (χ1n) is 7.90. The Kier molecular flexibility index (Phi) is 5.13. The number of hydrogen-bond acceptors (Lipinski definition) is 2. The highest BCUT2D eigenvalue weighted by Gasteiger charge is 2.33. The third-order valence-electron chi connectivity index (χ3n) is 4.50. The maximum atomic E-state index is 11.5. The molecule has 1 atom stereocenters. The van der Waals surface area contributed by atoms with Crippen LogP contribution in [0.3, 0.4) is 0 Å². The minimum absolute atomic E-state index is 0.286. The topological polar surface area (TPSA) is 49.3 Å². The Hall–Kier alpha value is -1.65. The maximum absolute atomic E-state index is 11.5. The average molecular weight is 374 g/mol. The summed E-state index contributed by atoms with van der Waals surface area (Å²) >= 11 is 3.45. The van der Waals surface area contributed by atoms with Gasteiger partial charge in [0.2, 0.25) is 0 Å². The fourth-order valence-electron chi connectivity index (χ4n) is 3.11. The van der Waals surface area contributed by atoms with Crippen LogP contribution in [-0.4, -0.2) is 23.2 Å². The van der Waals surface area contributed by atoms with Gasteiger partial charge in [-0.15, -0.1) is 0 Å². The lowest BCUT2D eigenvalue weighted by Gasteiger charge is -2.38. The predicted octanol–water partition coefficient (Wildman–Crippen LogP) is 3.98. The molecule has 2 N–H and O–H groups in total. The molecule has 23 heavy (non-hydrogen) atoms. The van der Waals surface area contributed by atoms with Crippen molar-refractivity contribution in [3.63, 3.8) is 0 Å². The first kappa shape index (κ1) is 16.2. The van der Waals surface area contributed by atoms with E-state index in [9.17, 15) is 9.90 Å². The monoisotopic (exact) mass is 373 g/mol. The summed E-state index contributed by atoms with van der Waals surface area (Å²) in [5, 5.41) is 12.8. The van der Waals surface area contributed by atoms with Gasteiger partial charge in [-0.3, -0.25) is 4.79 Å². The van der Waals surface area contributed by atoms with E-state index in [-0.39, 0.29) is 6.04 Å². The molecule has 4 heteroatoms. The van der Waals surface area contributed by atoms with Gasteiger partial charge in [-0.1, -0.05) is 58.4 Å². The molecule has 3 rings (SSSR count). The molecule has 0 radical (unpaired) electrons. The molecule has 0 aromatic heterocycles. The van der Waals surface area contributed by atoms with Gasteiger partial charge in [-0.25, -0.2) is 0 Å². The Morgan fingerprint density at radius 1 is 1.13 bits per heavy atom. The standard InChI is InChI=1S/C19H20BrNO2/c20-16-8-6-14(7-9-16)15-11-17(12-15)21-18(19(22)23)10-13-4-2-1-3-5-13/h1-9,15,17-18,21H,10-12H2,(H,22,23)/t15?,17?,18-/m0/s1. The normalized spacial score (nSPS) is 21.4. The van der Waals surface area contributed by atoms with E-state index in [1.165, 1.54) is 5.56 Å². The van der Waals surface area contributed by atoms with Crippen molar-refractivity contribution >= 4 is 21.9 Å². The molecule has 1 aliphatic carbocycles. The molecule has 1 fully saturated rings. The van der Waals surface area contributed by atoms with Gasteiger partial charge in [-0.2, -0.15) is 0 Å². The molecule has 0 amide bonds. The summed E-state index contributed by atoms with van der Waals surface area (Å²) in [4.78, 5) is 11.5. The van der Waals surface area contributed by atoms with Crippen LogP contribution in [0.1, 0.15) is 29.9 Å². The fourth-order valence-corrected chi connectivity index (χ4v) is 3.38. The number of halogens is 1. The summed E-state index contributed by atoms with van der Waals surface area (Å²) in [7, 11) is 0. The summed E-state index contributed by atoms with van der Waals surface area (Å²) in [5.41, 5.74) is 2.39. The Morgan fingerprint density at radius 3 is 2.39 bits per heavy atom. The Bertz CT molecular complexity index is 651. The predicted molar refractivity (Wildman–Crippen MR) is 94.6 cm³/mol. The van der Waals surface area contributed by atoms with Crippen LogP contribution < -0.4 is 5.32 Å². The summed E-state index contributed by atoms with van der Waals surface area (Å²) in [6, 6.07) is 18.0. The molecule has 1 saturated carbocycles. The van der Waals surface area contributed by atoms with Gasteiger partial charge in [0.05, 0.1) is 0 Å². The van der Waals surface area contributed by atoms with Crippen molar-refractivity contribution in [1.29, 1.82) is 0 Å². The molecule has 2 aromatic carbocycles. The number of carbonyl (C=O) groups is 1. The molecule has 0 bridgehead atoms. The number of carboxylic acid groups (broad SMARTS) is 1. The van der Waals surface area contributed by atoms with Crippen LogP contribution in [0.25, 0.3) is 0 Å². The highest BCUT2D eigenvalue weighted by Crippen LogP contribution is 2.37. The lowest BCUT2D eigenvalue weighted by molar-refractivity contribution is -0.139. The lowest BCUT2D eigenvalue weighted by atomic mass is 9.75. The lowest BCUT2D eigenvalue weighted by Crippen LogP contribution is -2.49. The number of hydrogen-bond donors (Lipinski definition) is 2. The van der Waals surface area contributed by atoms with Crippen LogP contribution in [0.15, 0.2) is 59.1 Å². The summed E-state index contributed by atoms with van der Waals surface area (Å²) < 4.78 is 1.09. The quantitative estimate of drug-likeness (QED) is 0.804. The molecular weight excluding hydrogens is 354 g/mol. The van der Waals surface area contributed by atoms with E-state index in [0.29, 0.717) is 12.3 Å². The van der Waals surface area contributed by atoms with Crippen molar-refractivity contribution in [2.24, 2.45) is 0 Å². The first-order chi connectivity index (χ1) is 11.1. The summed E-state index contributed by atoms with van der Waals surface area (Å²) in [6.45, 7) is 0. The third kappa shape index (κ3) is 4.21. The molecule has 0 heterocycles.